The van der Waals surface area contributed by atoms with Crippen LogP contribution in [0.2, 0.25) is 0 Å². The lowest BCUT2D eigenvalue weighted by molar-refractivity contribution is -0.123. The Morgan fingerprint density at radius 3 is 2.54 bits per heavy atom. The lowest BCUT2D eigenvalue weighted by Crippen LogP contribution is -2.32. The molecule has 0 atom stereocenters. The Balaban J connectivity index is 1.38. The van der Waals surface area contributed by atoms with Crippen molar-refractivity contribution in [3.8, 4) is 11.5 Å². The van der Waals surface area contributed by atoms with Crippen LogP contribution in [0.3, 0.4) is 0 Å². The van der Waals surface area contributed by atoms with Crippen LogP contribution in [-0.4, -0.2) is 55.8 Å². The van der Waals surface area contributed by atoms with E-state index < -0.39 is 0 Å². The number of nitrogens with zero attached hydrogens (tertiary/aromatic N) is 3. The molecule has 150 valence electrons. The molecule has 1 saturated heterocycles. The van der Waals surface area contributed by atoms with Gasteiger partial charge >= 0.3 is 0 Å². The molecule has 28 heavy (non-hydrogen) atoms. The van der Waals surface area contributed by atoms with Crippen molar-refractivity contribution < 1.29 is 14.3 Å². The van der Waals surface area contributed by atoms with E-state index >= 15 is 0 Å². The summed E-state index contributed by atoms with van der Waals surface area (Å²) in [6, 6.07) is 9.08. The maximum atomic E-state index is 11.9. The van der Waals surface area contributed by atoms with E-state index in [9.17, 15) is 4.79 Å². The third-order valence-corrected chi connectivity index (χ3v) is 4.44. The van der Waals surface area contributed by atoms with Crippen molar-refractivity contribution in [2.45, 2.75) is 19.8 Å². The molecule has 0 spiro atoms. The molecule has 2 heterocycles. The van der Waals surface area contributed by atoms with Crippen LogP contribution in [0.1, 0.15) is 18.7 Å². The molecule has 8 nitrogen and oxygen atoms in total. The van der Waals surface area contributed by atoms with E-state index in [1.165, 1.54) is 12.8 Å². The van der Waals surface area contributed by atoms with E-state index in [4.69, 9.17) is 9.47 Å². The first-order valence-electron chi connectivity index (χ1n) is 9.52. The summed E-state index contributed by atoms with van der Waals surface area (Å²) in [6.45, 7) is 5.00. The number of aryl methyl sites for hydroxylation is 1. The van der Waals surface area contributed by atoms with Crippen molar-refractivity contribution in [1.29, 1.82) is 0 Å². The Bertz CT molecular complexity index is 776. The van der Waals surface area contributed by atoms with Gasteiger partial charge in [-0.3, -0.25) is 4.79 Å². The van der Waals surface area contributed by atoms with Crippen molar-refractivity contribution in [3.63, 3.8) is 0 Å². The largest absolute Gasteiger partial charge is 0.497 e. The molecule has 1 aromatic heterocycles. The van der Waals surface area contributed by atoms with Crippen LogP contribution in [0.15, 0.2) is 30.3 Å². The summed E-state index contributed by atoms with van der Waals surface area (Å²) < 4.78 is 10.5. The summed E-state index contributed by atoms with van der Waals surface area (Å²) in [5, 5.41) is 6.07. The van der Waals surface area contributed by atoms with E-state index in [2.05, 4.69) is 25.5 Å². The van der Waals surface area contributed by atoms with Crippen LogP contribution in [0.4, 0.5) is 11.6 Å². The molecule has 0 radical (unpaired) electrons. The van der Waals surface area contributed by atoms with Gasteiger partial charge in [0, 0.05) is 32.2 Å². The zero-order valence-corrected chi connectivity index (χ0v) is 16.4. The van der Waals surface area contributed by atoms with Gasteiger partial charge in [-0.25, -0.2) is 9.97 Å². The Kier molecular flexibility index (Phi) is 6.89. The lowest BCUT2D eigenvalue weighted by atomic mass is 10.3. The fourth-order valence-corrected chi connectivity index (χ4v) is 3.02. The topological polar surface area (TPSA) is 88.6 Å². The van der Waals surface area contributed by atoms with Crippen LogP contribution in [-0.2, 0) is 4.79 Å². The molecule has 3 rings (SSSR count). The van der Waals surface area contributed by atoms with Crippen LogP contribution in [0.5, 0.6) is 11.5 Å². The number of aromatic nitrogens is 2. The van der Waals surface area contributed by atoms with Gasteiger partial charge in [-0.15, -0.1) is 0 Å². The minimum Gasteiger partial charge on any atom is -0.497 e. The standard InChI is InChI=1S/C20H27N5O3/c1-15-23-18(13-19(24-15)25-11-3-4-12-25)21-9-10-22-20(26)14-28-17-7-5-16(27-2)6-8-17/h5-8,13H,3-4,9-12,14H2,1-2H3,(H,22,26)(H,21,23,24). The highest BCUT2D eigenvalue weighted by atomic mass is 16.5. The summed E-state index contributed by atoms with van der Waals surface area (Å²) in [5.74, 6) is 3.68. The summed E-state index contributed by atoms with van der Waals surface area (Å²) in [6.07, 6.45) is 2.41. The Hall–Kier alpha value is -3.03. The van der Waals surface area contributed by atoms with Crippen molar-refractivity contribution in [2.24, 2.45) is 0 Å². The smallest absolute Gasteiger partial charge is 0.258 e. The van der Waals surface area contributed by atoms with E-state index in [1.54, 1.807) is 31.4 Å². The summed E-state index contributed by atoms with van der Waals surface area (Å²) in [4.78, 5) is 23.1. The van der Waals surface area contributed by atoms with Crippen LogP contribution < -0.4 is 25.0 Å². The third-order valence-electron chi connectivity index (χ3n) is 4.44. The number of hydrogen-bond donors (Lipinski definition) is 2. The van der Waals surface area contributed by atoms with E-state index in [0.717, 1.165) is 36.3 Å². The number of methoxy groups -OCH3 is 1. The second kappa shape index (κ2) is 9.77. The molecule has 1 aliphatic heterocycles. The molecule has 0 bridgehead atoms. The SMILES string of the molecule is COc1ccc(OCC(=O)NCCNc2cc(N3CCCC3)nc(C)n2)cc1. The van der Waals surface area contributed by atoms with Crippen molar-refractivity contribution in [3.05, 3.63) is 36.2 Å². The first kappa shape index (κ1) is 19.7. The van der Waals surface area contributed by atoms with Crippen molar-refractivity contribution in [2.75, 3.05) is 50.1 Å². The zero-order chi connectivity index (χ0) is 19.8. The monoisotopic (exact) mass is 385 g/mol. The van der Waals surface area contributed by atoms with Crippen LogP contribution in [0, 0.1) is 6.92 Å². The van der Waals surface area contributed by atoms with Crippen LogP contribution >= 0.6 is 0 Å². The number of hydrogen-bond acceptors (Lipinski definition) is 7. The second-order valence-corrected chi connectivity index (χ2v) is 6.59. The second-order valence-electron chi connectivity index (χ2n) is 6.59. The molecular weight excluding hydrogens is 358 g/mol. The molecular formula is C20H27N5O3. The summed E-state index contributed by atoms with van der Waals surface area (Å²) in [7, 11) is 1.60. The van der Waals surface area contributed by atoms with Gasteiger partial charge in [0.2, 0.25) is 0 Å². The lowest BCUT2D eigenvalue weighted by Gasteiger charge is -2.17. The highest BCUT2D eigenvalue weighted by molar-refractivity contribution is 5.77. The maximum Gasteiger partial charge on any atom is 0.258 e. The van der Waals surface area contributed by atoms with Crippen LogP contribution in [0.25, 0.3) is 0 Å². The normalized spacial score (nSPS) is 13.3. The fourth-order valence-electron chi connectivity index (χ4n) is 3.02. The number of carbonyl (C=O) groups excluding carboxylic acids is 1. The Morgan fingerprint density at radius 1 is 1.11 bits per heavy atom. The molecule has 1 aromatic carbocycles. The van der Waals surface area contributed by atoms with Gasteiger partial charge < -0.3 is 25.0 Å². The molecule has 0 unspecified atom stereocenters. The first-order chi connectivity index (χ1) is 13.6. The van der Waals surface area contributed by atoms with Gasteiger partial charge in [0.25, 0.3) is 5.91 Å². The first-order valence-corrected chi connectivity index (χ1v) is 9.52. The molecule has 8 heteroatoms. The van der Waals surface area contributed by atoms with Gasteiger partial charge in [-0.05, 0) is 44.0 Å². The average molecular weight is 385 g/mol. The number of carbonyl (C=O) groups is 1. The molecule has 2 aromatic rings. The molecule has 1 amide bonds. The fraction of sp³-hybridized carbons (Fsp3) is 0.450. The molecule has 1 fully saturated rings. The summed E-state index contributed by atoms with van der Waals surface area (Å²) in [5.41, 5.74) is 0. The van der Waals surface area contributed by atoms with E-state index in [0.29, 0.717) is 18.8 Å². The molecule has 0 saturated carbocycles. The quantitative estimate of drug-likeness (QED) is 0.638. The average Bonchev–Trinajstić information content (AvgIpc) is 3.25. The molecule has 2 N–H and O–H groups in total. The number of benzene rings is 1. The van der Waals surface area contributed by atoms with Gasteiger partial charge in [0.05, 0.1) is 7.11 Å². The number of anilines is 2. The molecule has 0 aliphatic carbocycles. The number of amides is 1. The van der Waals surface area contributed by atoms with E-state index in [-0.39, 0.29) is 12.5 Å². The maximum absolute atomic E-state index is 11.9. The Morgan fingerprint density at radius 2 is 1.82 bits per heavy atom. The highest BCUT2D eigenvalue weighted by Crippen LogP contribution is 2.20. The van der Waals surface area contributed by atoms with Gasteiger partial charge in [-0.1, -0.05) is 0 Å². The van der Waals surface area contributed by atoms with Crippen molar-refractivity contribution in [1.82, 2.24) is 15.3 Å². The molecule has 1 aliphatic rings. The van der Waals surface area contributed by atoms with Gasteiger partial charge in [0.15, 0.2) is 6.61 Å². The minimum atomic E-state index is -0.172. The van der Waals surface area contributed by atoms with Gasteiger partial charge in [0.1, 0.15) is 29.0 Å². The number of nitrogens with one attached hydrogen (secondary N) is 2. The third kappa shape index (κ3) is 5.73. The van der Waals surface area contributed by atoms with E-state index in [1.807, 2.05) is 13.0 Å². The highest BCUT2D eigenvalue weighted by Gasteiger charge is 2.15. The predicted molar refractivity (Wildman–Crippen MR) is 108 cm³/mol. The summed E-state index contributed by atoms with van der Waals surface area (Å²) >= 11 is 0. The number of rotatable bonds is 9. The predicted octanol–water partition coefficient (Wildman–Crippen LogP) is 2.00. The number of ether oxygens (including phenoxy) is 2. The van der Waals surface area contributed by atoms with Gasteiger partial charge in [-0.2, -0.15) is 0 Å². The van der Waals surface area contributed by atoms with Crippen molar-refractivity contribution >= 4 is 17.5 Å². The minimum absolute atomic E-state index is 0.0297. The zero-order valence-electron chi connectivity index (χ0n) is 16.4. The Labute approximate surface area is 165 Å².